The van der Waals surface area contributed by atoms with Crippen molar-refractivity contribution >= 4 is 22.4 Å². The van der Waals surface area contributed by atoms with Gasteiger partial charge in [0.15, 0.2) is 5.13 Å². The summed E-state index contributed by atoms with van der Waals surface area (Å²) >= 11 is 1.13. The molecule has 22 heavy (non-hydrogen) atoms. The van der Waals surface area contributed by atoms with Gasteiger partial charge >= 0.3 is 0 Å². The molecule has 3 rings (SSSR count). The quantitative estimate of drug-likeness (QED) is 0.805. The molecule has 2 aromatic heterocycles. The second-order valence-electron chi connectivity index (χ2n) is 4.21. The molecule has 0 aliphatic rings. The molecule has 1 aromatic carbocycles. The second kappa shape index (κ2) is 5.94. The van der Waals surface area contributed by atoms with E-state index in [1.165, 1.54) is 24.7 Å². The molecule has 110 valence electrons. The SMILES string of the molecule is O=C(Nc1nc(-c2ccc(F)cc2F)cs1)c1cnccn1. The standard InChI is InChI=1S/C14H8F2N4OS/c15-8-1-2-9(10(16)5-8)12-7-22-14(19-12)20-13(21)11-6-17-3-4-18-11/h1-7H,(H,19,20,21). The number of carbonyl (C=O) groups is 1. The molecule has 5 nitrogen and oxygen atoms in total. The first-order chi connectivity index (χ1) is 10.6. The number of amides is 1. The predicted octanol–water partition coefficient (Wildman–Crippen LogP) is 3.13. The average molecular weight is 318 g/mol. The Balaban J connectivity index is 1.81. The number of halogens is 2. The van der Waals surface area contributed by atoms with E-state index in [-0.39, 0.29) is 16.4 Å². The van der Waals surface area contributed by atoms with Crippen molar-refractivity contribution in [2.75, 3.05) is 5.32 Å². The molecule has 0 saturated heterocycles. The van der Waals surface area contributed by atoms with Gasteiger partial charge in [-0.3, -0.25) is 15.1 Å². The van der Waals surface area contributed by atoms with Crippen LogP contribution in [-0.2, 0) is 0 Å². The predicted molar refractivity (Wildman–Crippen MR) is 77.5 cm³/mol. The van der Waals surface area contributed by atoms with Crippen molar-refractivity contribution in [3.05, 3.63) is 59.5 Å². The Labute approximate surface area is 127 Å². The topological polar surface area (TPSA) is 67.8 Å². The Morgan fingerprint density at radius 1 is 1.23 bits per heavy atom. The number of benzene rings is 1. The van der Waals surface area contributed by atoms with Crippen LogP contribution in [0.25, 0.3) is 11.3 Å². The maximum Gasteiger partial charge on any atom is 0.277 e. The van der Waals surface area contributed by atoms with Gasteiger partial charge in [-0.2, -0.15) is 0 Å². The first-order valence-electron chi connectivity index (χ1n) is 6.12. The van der Waals surface area contributed by atoms with E-state index in [9.17, 15) is 13.6 Å². The third-order valence-electron chi connectivity index (χ3n) is 2.73. The number of anilines is 1. The van der Waals surface area contributed by atoms with Crippen LogP contribution in [0.5, 0.6) is 0 Å². The van der Waals surface area contributed by atoms with Crippen molar-refractivity contribution in [2.24, 2.45) is 0 Å². The van der Waals surface area contributed by atoms with Gasteiger partial charge in [0.1, 0.15) is 17.3 Å². The van der Waals surface area contributed by atoms with Crippen LogP contribution >= 0.6 is 11.3 Å². The van der Waals surface area contributed by atoms with Crippen LogP contribution in [-0.4, -0.2) is 20.9 Å². The van der Waals surface area contributed by atoms with Crippen molar-refractivity contribution in [1.29, 1.82) is 0 Å². The van der Waals surface area contributed by atoms with Crippen LogP contribution in [0.15, 0.2) is 42.2 Å². The third kappa shape index (κ3) is 2.96. The van der Waals surface area contributed by atoms with Crippen molar-refractivity contribution in [3.8, 4) is 11.3 Å². The zero-order valence-electron chi connectivity index (χ0n) is 11.0. The highest BCUT2D eigenvalue weighted by atomic mass is 32.1. The number of carbonyl (C=O) groups excluding carboxylic acids is 1. The number of thiazole rings is 1. The lowest BCUT2D eigenvalue weighted by Crippen LogP contribution is -2.13. The number of nitrogens with one attached hydrogen (secondary N) is 1. The van der Waals surface area contributed by atoms with Gasteiger partial charge in [0.2, 0.25) is 0 Å². The monoisotopic (exact) mass is 318 g/mol. The molecule has 0 fully saturated rings. The maximum absolute atomic E-state index is 13.7. The highest BCUT2D eigenvalue weighted by Crippen LogP contribution is 2.27. The van der Waals surface area contributed by atoms with Crippen molar-refractivity contribution < 1.29 is 13.6 Å². The molecule has 0 aliphatic carbocycles. The Bertz CT molecular complexity index is 823. The van der Waals surface area contributed by atoms with E-state index in [0.717, 1.165) is 23.5 Å². The van der Waals surface area contributed by atoms with E-state index < -0.39 is 17.5 Å². The molecule has 3 aromatic rings. The fourth-order valence-electron chi connectivity index (χ4n) is 1.73. The molecule has 0 saturated carbocycles. The molecule has 1 amide bonds. The zero-order chi connectivity index (χ0) is 15.5. The van der Waals surface area contributed by atoms with Gasteiger partial charge in [0.25, 0.3) is 5.91 Å². The van der Waals surface area contributed by atoms with Gasteiger partial charge in [0.05, 0.1) is 11.9 Å². The zero-order valence-corrected chi connectivity index (χ0v) is 11.8. The molecular formula is C14H8F2N4OS. The van der Waals surface area contributed by atoms with Crippen molar-refractivity contribution in [3.63, 3.8) is 0 Å². The highest BCUT2D eigenvalue weighted by Gasteiger charge is 2.13. The number of hydrogen-bond acceptors (Lipinski definition) is 5. The Kier molecular flexibility index (Phi) is 3.84. The molecule has 0 spiro atoms. The summed E-state index contributed by atoms with van der Waals surface area (Å²) < 4.78 is 26.6. The minimum atomic E-state index is -0.711. The molecule has 0 aliphatic heterocycles. The van der Waals surface area contributed by atoms with E-state index in [4.69, 9.17) is 0 Å². The summed E-state index contributed by atoms with van der Waals surface area (Å²) in [5.74, 6) is -1.83. The average Bonchev–Trinajstić information content (AvgIpc) is 2.96. The first kappa shape index (κ1) is 14.2. The number of aromatic nitrogens is 3. The number of nitrogens with zero attached hydrogens (tertiary/aromatic N) is 3. The Morgan fingerprint density at radius 3 is 2.82 bits per heavy atom. The molecular weight excluding hydrogens is 310 g/mol. The molecule has 0 radical (unpaired) electrons. The van der Waals surface area contributed by atoms with Gasteiger partial charge in [-0.05, 0) is 12.1 Å². The van der Waals surface area contributed by atoms with Crippen LogP contribution in [0.4, 0.5) is 13.9 Å². The molecule has 2 heterocycles. The van der Waals surface area contributed by atoms with Gasteiger partial charge in [0, 0.05) is 29.4 Å². The van der Waals surface area contributed by atoms with E-state index in [1.54, 1.807) is 5.38 Å². The summed E-state index contributed by atoms with van der Waals surface area (Å²) in [6.45, 7) is 0. The van der Waals surface area contributed by atoms with Gasteiger partial charge in [-0.15, -0.1) is 11.3 Å². The maximum atomic E-state index is 13.7. The number of rotatable bonds is 3. The summed E-state index contributed by atoms with van der Waals surface area (Å²) in [5.41, 5.74) is 0.627. The van der Waals surface area contributed by atoms with E-state index in [0.29, 0.717) is 5.69 Å². The van der Waals surface area contributed by atoms with Gasteiger partial charge < -0.3 is 0 Å². The normalized spacial score (nSPS) is 10.5. The summed E-state index contributed by atoms with van der Waals surface area (Å²) in [7, 11) is 0. The highest BCUT2D eigenvalue weighted by molar-refractivity contribution is 7.14. The summed E-state index contributed by atoms with van der Waals surface area (Å²) in [4.78, 5) is 23.7. The molecule has 1 N–H and O–H groups in total. The van der Waals surface area contributed by atoms with Gasteiger partial charge in [-0.1, -0.05) is 0 Å². The van der Waals surface area contributed by atoms with Crippen molar-refractivity contribution in [2.45, 2.75) is 0 Å². The lowest BCUT2D eigenvalue weighted by Gasteiger charge is -2.00. The fourth-order valence-corrected chi connectivity index (χ4v) is 2.44. The molecule has 0 atom stereocenters. The minimum absolute atomic E-state index is 0.146. The number of hydrogen-bond donors (Lipinski definition) is 1. The summed E-state index contributed by atoms with van der Waals surface area (Å²) in [6.07, 6.45) is 4.18. The molecule has 0 bridgehead atoms. The largest absolute Gasteiger partial charge is 0.296 e. The van der Waals surface area contributed by atoms with Crippen molar-refractivity contribution in [1.82, 2.24) is 15.0 Å². The van der Waals surface area contributed by atoms with Crippen LogP contribution in [0.1, 0.15) is 10.5 Å². The lowest BCUT2D eigenvalue weighted by atomic mass is 10.1. The Hall–Kier alpha value is -2.74. The van der Waals surface area contributed by atoms with Crippen LogP contribution in [0.3, 0.4) is 0 Å². The summed E-state index contributed by atoms with van der Waals surface area (Å²) in [6, 6.07) is 3.23. The minimum Gasteiger partial charge on any atom is -0.296 e. The first-order valence-corrected chi connectivity index (χ1v) is 7.00. The Morgan fingerprint density at radius 2 is 2.09 bits per heavy atom. The van der Waals surface area contributed by atoms with Gasteiger partial charge in [-0.25, -0.2) is 18.7 Å². The smallest absolute Gasteiger partial charge is 0.277 e. The summed E-state index contributed by atoms with van der Waals surface area (Å²) in [5, 5.41) is 4.41. The molecule has 0 unspecified atom stereocenters. The van der Waals surface area contributed by atoms with Crippen LogP contribution in [0, 0.1) is 11.6 Å². The van der Waals surface area contributed by atoms with Crippen LogP contribution in [0.2, 0.25) is 0 Å². The second-order valence-corrected chi connectivity index (χ2v) is 5.06. The fraction of sp³-hybridized carbons (Fsp3) is 0. The van der Waals surface area contributed by atoms with E-state index >= 15 is 0 Å². The van der Waals surface area contributed by atoms with Crippen LogP contribution < -0.4 is 5.32 Å². The molecule has 8 heteroatoms. The van der Waals surface area contributed by atoms with E-state index in [1.807, 2.05) is 0 Å². The third-order valence-corrected chi connectivity index (χ3v) is 3.49. The lowest BCUT2D eigenvalue weighted by molar-refractivity contribution is 0.102. The van der Waals surface area contributed by atoms with E-state index in [2.05, 4.69) is 20.3 Å².